The summed E-state index contributed by atoms with van der Waals surface area (Å²) in [7, 11) is 0. The van der Waals surface area contributed by atoms with Crippen molar-refractivity contribution in [2.24, 2.45) is 0 Å². The van der Waals surface area contributed by atoms with Gasteiger partial charge in [-0.2, -0.15) is 0 Å². The SMILES string of the molecule is O=C(/C=C/c1ccc2c(c1)OCCO2)c1cccs1. The van der Waals surface area contributed by atoms with Crippen molar-refractivity contribution in [2.75, 3.05) is 13.2 Å². The first-order valence-electron chi connectivity index (χ1n) is 5.98. The van der Waals surface area contributed by atoms with Crippen LogP contribution in [0.25, 0.3) is 6.08 Å². The van der Waals surface area contributed by atoms with Gasteiger partial charge in [0.25, 0.3) is 0 Å². The molecule has 0 saturated carbocycles. The van der Waals surface area contributed by atoms with Gasteiger partial charge >= 0.3 is 0 Å². The van der Waals surface area contributed by atoms with Crippen LogP contribution in [0.15, 0.2) is 41.8 Å². The third kappa shape index (κ3) is 2.69. The quantitative estimate of drug-likeness (QED) is 0.634. The van der Waals surface area contributed by atoms with E-state index in [4.69, 9.17) is 9.47 Å². The second kappa shape index (κ2) is 5.28. The molecule has 2 aromatic rings. The Morgan fingerprint density at radius 1 is 1.16 bits per heavy atom. The predicted molar refractivity (Wildman–Crippen MR) is 75.1 cm³/mol. The highest BCUT2D eigenvalue weighted by Gasteiger charge is 2.10. The molecule has 0 bridgehead atoms. The zero-order chi connectivity index (χ0) is 13.1. The summed E-state index contributed by atoms with van der Waals surface area (Å²) in [5, 5.41) is 1.89. The molecule has 0 atom stereocenters. The van der Waals surface area contributed by atoms with Gasteiger partial charge in [-0.15, -0.1) is 11.3 Å². The van der Waals surface area contributed by atoms with Crippen molar-refractivity contribution >= 4 is 23.2 Å². The number of rotatable bonds is 3. The first-order chi connectivity index (χ1) is 9.33. The summed E-state index contributed by atoms with van der Waals surface area (Å²) in [6, 6.07) is 9.35. The minimum Gasteiger partial charge on any atom is -0.486 e. The smallest absolute Gasteiger partial charge is 0.195 e. The lowest BCUT2D eigenvalue weighted by Crippen LogP contribution is -2.15. The number of carbonyl (C=O) groups is 1. The van der Waals surface area contributed by atoms with E-state index in [0.717, 1.165) is 21.9 Å². The number of thiophene rings is 1. The van der Waals surface area contributed by atoms with Crippen molar-refractivity contribution in [3.63, 3.8) is 0 Å². The van der Waals surface area contributed by atoms with Gasteiger partial charge in [0.2, 0.25) is 0 Å². The number of hydrogen-bond acceptors (Lipinski definition) is 4. The fourth-order valence-corrected chi connectivity index (χ4v) is 2.48. The molecule has 2 heterocycles. The lowest BCUT2D eigenvalue weighted by molar-refractivity contribution is 0.105. The predicted octanol–water partition coefficient (Wildman–Crippen LogP) is 3.42. The molecule has 4 heteroatoms. The summed E-state index contributed by atoms with van der Waals surface area (Å²) in [6.45, 7) is 1.15. The zero-order valence-corrected chi connectivity index (χ0v) is 11.0. The van der Waals surface area contributed by atoms with Gasteiger partial charge in [0.05, 0.1) is 4.88 Å². The van der Waals surface area contributed by atoms with Gasteiger partial charge in [0, 0.05) is 0 Å². The van der Waals surface area contributed by atoms with E-state index in [-0.39, 0.29) is 5.78 Å². The van der Waals surface area contributed by atoms with Crippen molar-refractivity contribution in [3.05, 3.63) is 52.2 Å². The number of benzene rings is 1. The molecule has 1 aliphatic rings. The third-order valence-corrected chi connectivity index (χ3v) is 3.64. The van der Waals surface area contributed by atoms with Crippen molar-refractivity contribution in [2.45, 2.75) is 0 Å². The topological polar surface area (TPSA) is 35.5 Å². The van der Waals surface area contributed by atoms with E-state index in [1.54, 1.807) is 12.2 Å². The van der Waals surface area contributed by atoms with Crippen LogP contribution < -0.4 is 9.47 Å². The van der Waals surface area contributed by atoms with Gasteiger partial charge in [0.15, 0.2) is 17.3 Å². The summed E-state index contributed by atoms with van der Waals surface area (Å²) in [5.74, 6) is 1.51. The number of fused-ring (bicyclic) bond motifs is 1. The first-order valence-corrected chi connectivity index (χ1v) is 6.86. The molecule has 0 saturated heterocycles. The maximum Gasteiger partial charge on any atom is 0.195 e. The van der Waals surface area contributed by atoms with Gasteiger partial charge in [-0.05, 0) is 35.2 Å². The van der Waals surface area contributed by atoms with Crippen molar-refractivity contribution in [1.82, 2.24) is 0 Å². The van der Waals surface area contributed by atoms with Crippen LogP contribution in [0, 0.1) is 0 Å². The fourth-order valence-electron chi connectivity index (χ4n) is 1.84. The van der Waals surface area contributed by atoms with E-state index in [1.807, 2.05) is 35.7 Å². The molecule has 0 N–H and O–H groups in total. The summed E-state index contributed by atoms with van der Waals surface area (Å²) in [4.78, 5) is 12.6. The maximum atomic E-state index is 11.8. The highest BCUT2D eigenvalue weighted by molar-refractivity contribution is 7.12. The molecule has 0 aliphatic carbocycles. The number of allylic oxidation sites excluding steroid dienone is 1. The minimum atomic E-state index is 0.0184. The molecule has 19 heavy (non-hydrogen) atoms. The second-order valence-corrected chi connectivity index (χ2v) is 5.03. The van der Waals surface area contributed by atoms with Crippen molar-refractivity contribution in [1.29, 1.82) is 0 Å². The van der Waals surface area contributed by atoms with E-state index in [9.17, 15) is 4.79 Å². The zero-order valence-electron chi connectivity index (χ0n) is 10.2. The summed E-state index contributed by atoms with van der Waals surface area (Å²) >= 11 is 1.44. The van der Waals surface area contributed by atoms with Crippen LogP contribution in [-0.4, -0.2) is 19.0 Å². The van der Waals surface area contributed by atoms with E-state index in [1.165, 1.54) is 11.3 Å². The maximum absolute atomic E-state index is 11.8. The van der Waals surface area contributed by atoms with Gasteiger partial charge in [-0.1, -0.05) is 18.2 Å². The largest absolute Gasteiger partial charge is 0.486 e. The van der Waals surface area contributed by atoms with Gasteiger partial charge in [-0.3, -0.25) is 4.79 Å². The average molecular weight is 272 g/mol. The molecule has 0 fully saturated rings. The van der Waals surface area contributed by atoms with Crippen LogP contribution in [-0.2, 0) is 0 Å². The Morgan fingerprint density at radius 2 is 2.00 bits per heavy atom. The van der Waals surface area contributed by atoms with Crippen molar-refractivity contribution < 1.29 is 14.3 Å². The Morgan fingerprint density at radius 3 is 2.79 bits per heavy atom. The van der Waals surface area contributed by atoms with Crippen LogP contribution in [0.2, 0.25) is 0 Å². The third-order valence-electron chi connectivity index (χ3n) is 2.76. The molecule has 0 unspecified atom stereocenters. The number of hydrogen-bond donors (Lipinski definition) is 0. The Bertz CT molecular complexity index is 614. The van der Waals surface area contributed by atoms with E-state index in [0.29, 0.717) is 13.2 Å². The van der Waals surface area contributed by atoms with Crippen LogP contribution in [0.4, 0.5) is 0 Å². The van der Waals surface area contributed by atoms with E-state index >= 15 is 0 Å². The molecular formula is C15H12O3S. The van der Waals surface area contributed by atoms with Crippen LogP contribution in [0.3, 0.4) is 0 Å². The standard InChI is InChI=1S/C15H12O3S/c16-12(15-2-1-9-19-15)5-3-11-4-6-13-14(10-11)18-8-7-17-13/h1-6,9-10H,7-8H2/b5-3+. The van der Waals surface area contributed by atoms with Gasteiger partial charge in [0.1, 0.15) is 13.2 Å². The number of ketones is 1. The molecule has 1 aromatic heterocycles. The summed E-state index contributed by atoms with van der Waals surface area (Å²) in [6.07, 6.45) is 3.37. The molecule has 3 rings (SSSR count). The molecule has 0 amide bonds. The Hall–Kier alpha value is -2.07. The molecule has 3 nitrogen and oxygen atoms in total. The Kier molecular flexibility index (Phi) is 3.33. The van der Waals surface area contributed by atoms with Gasteiger partial charge < -0.3 is 9.47 Å². The van der Waals surface area contributed by atoms with Crippen LogP contribution in [0.5, 0.6) is 11.5 Å². The molecule has 0 spiro atoms. The molecule has 0 radical (unpaired) electrons. The van der Waals surface area contributed by atoms with Crippen molar-refractivity contribution in [3.8, 4) is 11.5 Å². The molecular weight excluding hydrogens is 260 g/mol. The van der Waals surface area contributed by atoms with Gasteiger partial charge in [-0.25, -0.2) is 0 Å². The highest BCUT2D eigenvalue weighted by atomic mass is 32.1. The number of carbonyl (C=O) groups excluding carboxylic acids is 1. The number of ether oxygens (including phenoxy) is 2. The fraction of sp³-hybridized carbons (Fsp3) is 0.133. The van der Waals surface area contributed by atoms with Crippen LogP contribution >= 0.6 is 11.3 Å². The van der Waals surface area contributed by atoms with E-state index in [2.05, 4.69) is 0 Å². The molecule has 96 valence electrons. The highest BCUT2D eigenvalue weighted by Crippen LogP contribution is 2.31. The van der Waals surface area contributed by atoms with E-state index < -0.39 is 0 Å². The Labute approximate surface area is 115 Å². The minimum absolute atomic E-state index is 0.0184. The average Bonchev–Trinajstić information content (AvgIpc) is 2.99. The van der Waals surface area contributed by atoms with Crippen LogP contribution in [0.1, 0.15) is 15.2 Å². The lowest BCUT2D eigenvalue weighted by Gasteiger charge is -2.18. The first kappa shape index (κ1) is 12.0. The summed E-state index contributed by atoms with van der Waals surface area (Å²) < 4.78 is 10.9. The lowest BCUT2D eigenvalue weighted by atomic mass is 10.1. The monoisotopic (exact) mass is 272 g/mol. The Balaban J connectivity index is 1.78. The molecule has 1 aliphatic heterocycles. The second-order valence-electron chi connectivity index (χ2n) is 4.08. The normalized spacial score (nSPS) is 13.7. The molecule has 1 aromatic carbocycles. The summed E-state index contributed by atoms with van der Waals surface area (Å²) in [5.41, 5.74) is 0.925.